The second-order valence-corrected chi connectivity index (χ2v) is 7.60. The minimum atomic E-state index is -0.884. The van der Waals surface area contributed by atoms with Crippen molar-refractivity contribution in [2.75, 3.05) is 18.2 Å². The maximum atomic E-state index is 13.0. The van der Waals surface area contributed by atoms with Gasteiger partial charge < -0.3 is 20.3 Å². The zero-order valence-corrected chi connectivity index (χ0v) is 16.9. The van der Waals surface area contributed by atoms with Gasteiger partial charge in [-0.1, -0.05) is 30.3 Å². The van der Waals surface area contributed by atoms with E-state index in [0.717, 1.165) is 15.8 Å². The fourth-order valence-corrected chi connectivity index (χ4v) is 4.01. The Kier molecular flexibility index (Phi) is 6.29. The van der Waals surface area contributed by atoms with Crippen molar-refractivity contribution in [3.8, 4) is 11.5 Å². The number of phenols is 1. The number of aliphatic carboxylic acids is 1. The van der Waals surface area contributed by atoms with E-state index in [-0.39, 0.29) is 17.7 Å². The summed E-state index contributed by atoms with van der Waals surface area (Å²) in [4.78, 5) is 24.5. The molecule has 0 aromatic heterocycles. The number of carboxylic acid groups (broad SMARTS) is 1. The molecule has 0 bridgehead atoms. The van der Waals surface area contributed by atoms with Crippen molar-refractivity contribution in [1.82, 2.24) is 0 Å². The van der Waals surface area contributed by atoms with Gasteiger partial charge in [-0.15, -0.1) is 11.8 Å². The summed E-state index contributed by atoms with van der Waals surface area (Å²) >= 11 is 1.34. The van der Waals surface area contributed by atoms with Gasteiger partial charge in [0.05, 0.1) is 24.8 Å². The normalized spacial score (nSPS) is 10.7. The van der Waals surface area contributed by atoms with Crippen LogP contribution in [0.25, 0.3) is 10.8 Å². The highest BCUT2D eigenvalue weighted by molar-refractivity contribution is 7.99. The van der Waals surface area contributed by atoms with Gasteiger partial charge in [0.25, 0.3) is 5.91 Å². The van der Waals surface area contributed by atoms with Crippen molar-refractivity contribution in [1.29, 1.82) is 0 Å². The summed E-state index contributed by atoms with van der Waals surface area (Å²) in [7, 11) is 1.52. The summed E-state index contributed by atoms with van der Waals surface area (Å²) in [5.41, 5.74) is 1.57. The van der Waals surface area contributed by atoms with E-state index in [1.165, 1.54) is 18.9 Å². The minimum absolute atomic E-state index is 0.00188. The molecule has 0 fully saturated rings. The quantitative estimate of drug-likeness (QED) is 0.489. The van der Waals surface area contributed by atoms with Crippen molar-refractivity contribution >= 4 is 40.1 Å². The van der Waals surface area contributed by atoms with Gasteiger partial charge >= 0.3 is 5.97 Å². The summed E-state index contributed by atoms with van der Waals surface area (Å²) in [5, 5.41) is 23.7. The molecule has 6 nitrogen and oxygen atoms in total. The maximum absolute atomic E-state index is 13.0. The standard InChI is InChI=1S/C22H21NO5S/c1-13-7-8-18(28-2)17(11-13)23-22(27)16-12-19(29-10-9-20(24)25)14-5-3-4-6-15(14)21(16)26/h3-8,11-12,26H,9-10H2,1-2H3,(H,23,27)(H,24,25). The zero-order chi connectivity index (χ0) is 21.0. The van der Waals surface area contributed by atoms with Crippen LogP contribution in [0.4, 0.5) is 5.69 Å². The molecule has 3 rings (SSSR count). The SMILES string of the molecule is COc1ccc(C)cc1NC(=O)c1cc(SCCC(=O)O)c2ccccc2c1O. The van der Waals surface area contributed by atoms with Crippen LogP contribution in [0.5, 0.6) is 11.5 Å². The number of aryl methyl sites for hydroxylation is 1. The predicted octanol–water partition coefficient (Wildman–Crippen LogP) is 4.68. The molecule has 0 radical (unpaired) electrons. The molecule has 0 spiro atoms. The molecule has 0 aliphatic heterocycles. The highest BCUT2D eigenvalue weighted by atomic mass is 32.2. The van der Waals surface area contributed by atoms with E-state index < -0.39 is 11.9 Å². The van der Waals surface area contributed by atoms with Crippen molar-refractivity contribution < 1.29 is 24.5 Å². The first-order valence-corrected chi connectivity index (χ1v) is 9.94. The zero-order valence-electron chi connectivity index (χ0n) is 16.1. The molecular weight excluding hydrogens is 390 g/mol. The number of thioether (sulfide) groups is 1. The number of ether oxygens (including phenoxy) is 1. The number of amides is 1. The van der Waals surface area contributed by atoms with Crippen LogP contribution in [-0.4, -0.2) is 35.0 Å². The van der Waals surface area contributed by atoms with Gasteiger partial charge in [-0.05, 0) is 36.1 Å². The van der Waals surface area contributed by atoms with Gasteiger partial charge in [0.1, 0.15) is 11.5 Å². The fraction of sp³-hybridized carbons (Fsp3) is 0.182. The van der Waals surface area contributed by atoms with E-state index in [4.69, 9.17) is 9.84 Å². The molecule has 0 saturated carbocycles. The van der Waals surface area contributed by atoms with E-state index in [2.05, 4.69) is 5.32 Å². The van der Waals surface area contributed by atoms with E-state index in [9.17, 15) is 14.7 Å². The molecule has 150 valence electrons. The maximum Gasteiger partial charge on any atom is 0.304 e. The Labute approximate surface area is 172 Å². The monoisotopic (exact) mass is 411 g/mol. The third kappa shape index (κ3) is 4.63. The van der Waals surface area contributed by atoms with Gasteiger partial charge in [-0.3, -0.25) is 9.59 Å². The molecule has 1 amide bonds. The Morgan fingerprint density at radius 3 is 2.52 bits per heavy atom. The van der Waals surface area contributed by atoms with Crippen LogP contribution in [0.2, 0.25) is 0 Å². The number of phenolic OH excluding ortho intramolecular Hbond substituents is 1. The molecule has 0 saturated heterocycles. The number of carbonyl (C=O) groups is 2. The number of anilines is 1. The van der Waals surface area contributed by atoms with E-state index in [1.807, 2.05) is 25.1 Å². The van der Waals surface area contributed by atoms with Crippen molar-refractivity contribution in [3.63, 3.8) is 0 Å². The average Bonchev–Trinajstić information content (AvgIpc) is 2.69. The van der Waals surface area contributed by atoms with Gasteiger partial charge in [-0.25, -0.2) is 0 Å². The molecular formula is C22H21NO5S. The molecule has 0 aliphatic rings. The number of hydrogen-bond acceptors (Lipinski definition) is 5. The number of rotatable bonds is 7. The van der Waals surface area contributed by atoms with E-state index in [0.29, 0.717) is 22.6 Å². The molecule has 0 heterocycles. The van der Waals surface area contributed by atoms with Crippen LogP contribution < -0.4 is 10.1 Å². The molecule has 3 aromatic rings. The van der Waals surface area contributed by atoms with Crippen LogP contribution >= 0.6 is 11.8 Å². The number of carboxylic acids is 1. The van der Waals surface area contributed by atoms with Crippen molar-refractivity contribution in [2.45, 2.75) is 18.2 Å². The van der Waals surface area contributed by atoms with Gasteiger partial charge in [-0.2, -0.15) is 0 Å². The van der Waals surface area contributed by atoms with Gasteiger partial charge in [0.15, 0.2) is 0 Å². The minimum Gasteiger partial charge on any atom is -0.506 e. The lowest BCUT2D eigenvalue weighted by Crippen LogP contribution is -2.13. The highest BCUT2D eigenvalue weighted by Crippen LogP contribution is 2.37. The molecule has 3 N–H and O–H groups in total. The molecule has 7 heteroatoms. The number of hydrogen-bond donors (Lipinski definition) is 3. The van der Waals surface area contributed by atoms with E-state index >= 15 is 0 Å². The van der Waals surface area contributed by atoms with Gasteiger partial charge in [0.2, 0.25) is 0 Å². The summed E-state index contributed by atoms with van der Waals surface area (Å²) in [6.45, 7) is 1.90. The molecule has 0 aliphatic carbocycles. The smallest absolute Gasteiger partial charge is 0.304 e. The fourth-order valence-electron chi connectivity index (χ4n) is 2.98. The summed E-state index contributed by atoms with van der Waals surface area (Å²) < 4.78 is 5.30. The third-order valence-corrected chi connectivity index (χ3v) is 5.46. The van der Waals surface area contributed by atoms with Crippen LogP contribution in [0, 0.1) is 6.92 Å². The topological polar surface area (TPSA) is 95.9 Å². The number of aromatic hydroxyl groups is 1. The van der Waals surface area contributed by atoms with Crippen molar-refractivity contribution in [2.24, 2.45) is 0 Å². The first-order valence-electron chi connectivity index (χ1n) is 8.96. The Balaban J connectivity index is 2.00. The third-order valence-electron chi connectivity index (χ3n) is 4.40. The van der Waals surface area contributed by atoms with Crippen LogP contribution in [-0.2, 0) is 4.79 Å². The Morgan fingerprint density at radius 2 is 1.83 bits per heavy atom. The molecule has 29 heavy (non-hydrogen) atoms. The van der Waals surface area contributed by atoms with Crippen LogP contribution in [0.15, 0.2) is 53.4 Å². The van der Waals surface area contributed by atoms with Crippen LogP contribution in [0.3, 0.4) is 0 Å². The lowest BCUT2D eigenvalue weighted by molar-refractivity contribution is -0.136. The largest absolute Gasteiger partial charge is 0.506 e. The number of methoxy groups -OCH3 is 1. The Hall–Kier alpha value is -3.19. The summed E-state index contributed by atoms with van der Waals surface area (Å²) in [6.07, 6.45) is 0.00188. The second-order valence-electron chi connectivity index (χ2n) is 6.47. The lowest BCUT2D eigenvalue weighted by Gasteiger charge is -2.14. The number of nitrogens with one attached hydrogen (secondary N) is 1. The first kappa shape index (κ1) is 20.5. The van der Waals surface area contributed by atoms with Crippen molar-refractivity contribution in [3.05, 3.63) is 59.7 Å². The number of fused-ring (bicyclic) bond motifs is 1. The Bertz CT molecular complexity index is 1080. The number of carbonyl (C=O) groups excluding carboxylic acids is 1. The van der Waals surface area contributed by atoms with Gasteiger partial charge in [0, 0.05) is 16.0 Å². The highest BCUT2D eigenvalue weighted by Gasteiger charge is 2.19. The predicted molar refractivity (Wildman–Crippen MR) is 114 cm³/mol. The summed E-state index contributed by atoms with van der Waals surface area (Å²) in [6, 6.07) is 14.2. The van der Waals surface area contributed by atoms with E-state index in [1.54, 1.807) is 30.3 Å². The number of benzene rings is 3. The molecule has 3 aromatic carbocycles. The second kappa shape index (κ2) is 8.87. The average molecular weight is 411 g/mol. The van der Waals surface area contributed by atoms with Crippen LogP contribution in [0.1, 0.15) is 22.3 Å². The summed E-state index contributed by atoms with van der Waals surface area (Å²) in [5.74, 6) is -0.605. The molecule has 0 atom stereocenters. The first-order chi connectivity index (χ1) is 13.9. The lowest BCUT2D eigenvalue weighted by atomic mass is 10.0. The Morgan fingerprint density at radius 1 is 1.10 bits per heavy atom. The molecule has 0 unspecified atom stereocenters.